The molecule has 0 saturated heterocycles. The van der Waals surface area contributed by atoms with Gasteiger partial charge in [-0.1, -0.05) is 0 Å². The Bertz CT molecular complexity index is 315. The van der Waals surface area contributed by atoms with Crippen molar-refractivity contribution < 1.29 is 9.47 Å². The van der Waals surface area contributed by atoms with E-state index in [1.165, 1.54) is 7.11 Å². The SMILES string of the molecule is COc1ccc(OC)c([11C]#N)c1. The summed E-state index contributed by atoms with van der Waals surface area (Å²) in [5, 5.41) is 8.68. The Balaban J connectivity index is 3.13. The Morgan fingerprint density at radius 3 is 2.50 bits per heavy atom. The molecule has 0 N–H and O–H groups in total. The van der Waals surface area contributed by atoms with Gasteiger partial charge < -0.3 is 9.47 Å². The molecule has 0 aliphatic rings. The number of benzene rings is 1. The summed E-state index contributed by atoms with van der Waals surface area (Å²) in [6, 6.07) is 7.11. The second-order valence-corrected chi connectivity index (χ2v) is 2.18. The first-order valence-corrected chi connectivity index (χ1v) is 3.44. The minimum Gasteiger partial charge on any atom is -0.497 e. The van der Waals surface area contributed by atoms with Gasteiger partial charge in [-0.2, -0.15) is 5.26 Å². The van der Waals surface area contributed by atoms with Gasteiger partial charge in [0.15, 0.2) is 0 Å². The lowest BCUT2D eigenvalue weighted by molar-refractivity contribution is 0.402. The first-order valence-electron chi connectivity index (χ1n) is 3.44. The van der Waals surface area contributed by atoms with Gasteiger partial charge in [0.1, 0.15) is 17.6 Å². The van der Waals surface area contributed by atoms with E-state index in [4.69, 9.17) is 14.7 Å². The minimum absolute atomic E-state index is 0.483. The zero-order valence-electron chi connectivity index (χ0n) is 7.00. The molecule has 0 aliphatic carbocycles. The normalized spacial score (nSPS) is 8.75. The van der Waals surface area contributed by atoms with Gasteiger partial charge in [0, 0.05) is 6.07 Å². The average molecular weight is 162 g/mol. The molecule has 0 bridgehead atoms. The maximum absolute atomic E-state index is 8.68. The van der Waals surface area contributed by atoms with Gasteiger partial charge in [-0.25, -0.2) is 0 Å². The second kappa shape index (κ2) is 3.63. The molecule has 1 rings (SSSR count). The molecule has 0 spiro atoms. The van der Waals surface area contributed by atoms with Crippen LogP contribution in [0.1, 0.15) is 5.56 Å². The monoisotopic (exact) mass is 162 g/mol. The van der Waals surface area contributed by atoms with E-state index in [2.05, 4.69) is 0 Å². The van der Waals surface area contributed by atoms with Crippen LogP contribution < -0.4 is 9.47 Å². The predicted molar refractivity (Wildman–Crippen MR) is 44.3 cm³/mol. The van der Waals surface area contributed by atoms with E-state index < -0.39 is 0 Å². The van der Waals surface area contributed by atoms with Gasteiger partial charge in [0.05, 0.1) is 19.8 Å². The summed E-state index contributed by atoms with van der Waals surface area (Å²) in [6.45, 7) is 0. The minimum atomic E-state index is 0.483. The fraction of sp³-hybridized carbons (Fsp3) is 0.222. The largest absolute Gasteiger partial charge is 0.497 e. The molecule has 3 nitrogen and oxygen atoms in total. The van der Waals surface area contributed by atoms with Crippen LogP contribution in [0.5, 0.6) is 11.5 Å². The quantitative estimate of drug-likeness (QED) is 0.663. The first-order chi connectivity index (χ1) is 5.81. The topological polar surface area (TPSA) is 42.2 Å². The summed E-state index contributed by atoms with van der Waals surface area (Å²) in [7, 11) is 3.09. The maximum atomic E-state index is 8.68. The van der Waals surface area contributed by atoms with Gasteiger partial charge >= 0.3 is 0 Å². The Kier molecular flexibility index (Phi) is 2.54. The maximum Gasteiger partial charge on any atom is 0.136 e. The molecule has 0 heterocycles. The van der Waals surface area contributed by atoms with Crippen LogP contribution in [0.25, 0.3) is 0 Å². The number of rotatable bonds is 2. The van der Waals surface area contributed by atoms with E-state index in [-0.39, 0.29) is 0 Å². The van der Waals surface area contributed by atoms with E-state index >= 15 is 0 Å². The van der Waals surface area contributed by atoms with Crippen molar-refractivity contribution in [1.29, 1.82) is 5.26 Å². The molecule has 0 unspecified atom stereocenters. The number of hydrogen-bond acceptors (Lipinski definition) is 3. The molecule has 1 aromatic rings. The third-order valence-corrected chi connectivity index (χ3v) is 1.53. The van der Waals surface area contributed by atoms with E-state index in [0.717, 1.165) is 0 Å². The smallest absolute Gasteiger partial charge is 0.136 e. The van der Waals surface area contributed by atoms with E-state index in [1.54, 1.807) is 25.3 Å². The van der Waals surface area contributed by atoms with Gasteiger partial charge in [-0.15, -0.1) is 0 Å². The first kappa shape index (κ1) is 8.41. The van der Waals surface area contributed by atoms with Crippen molar-refractivity contribution in [3.05, 3.63) is 23.8 Å². The van der Waals surface area contributed by atoms with Crippen LogP contribution in [0.4, 0.5) is 0 Å². The molecule has 62 valence electrons. The molecule has 0 fully saturated rings. The molecule has 0 saturated carbocycles. The molecule has 0 radical (unpaired) electrons. The van der Waals surface area contributed by atoms with Crippen LogP contribution in [0.15, 0.2) is 18.2 Å². The van der Waals surface area contributed by atoms with Gasteiger partial charge in [0.25, 0.3) is 0 Å². The zero-order chi connectivity index (χ0) is 8.97. The predicted octanol–water partition coefficient (Wildman–Crippen LogP) is 1.58. The Morgan fingerprint density at radius 2 is 2.00 bits per heavy atom. The third kappa shape index (κ3) is 1.48. The molecule has 0 atom stereocenters. The molecular formula is C9H9NO2. The molecule has 3 heteroatoms. The summed E-state index contributed by atoms with van der Waals surface area (Å²) in [5.41, 5.74) is 0.483. The fourth-order valence-corrected chi connectivity index (χ4v) is 0.901. The van der Waals surface area contributed by atoms with Gasteiger partial charge in [-0.3, -0.25) is 0 Å². The van der Waals surface area contributed by atoms with Crippen molar-refractivity contribution in [2.45, 2.75) is 0 Å². The van der Waals surface area contributed by atoms with Crippen LogP contribution in [-0.2, 0) is 0 Å². The number of nitrogens with zero attached hydrogens (tertiary/aromatic N) is 1. The van der Waals surface area contributed by atoms with E-state index in [0.29, 0.717) is 17.1 Å². The highest BCUT2D eigenvalue weighted by Gasteiger charge is 2.02. The molecule has 0 aromatic heterocycles. The van der Waals surface area contributed by atoms with E-state index in [1.807, 2.05) is 6.07 Å². The summed E-state index contributed by atoms with van der Waals surface area (Å²) < 4.78 is 9.91. The molecule has 0 amide bonds. The van der Waals surface area contributed by atoms with Crippen LogP contribution in [0.2, 0.25) is 0 Å². The highest BCUT2D eigenvalue weighted by molar-refractivity contribution is 5.47. The van der Waals surface area contributed by atoms with Crippen LogP contribution >= 0.6 is 0 Å². The zero-order valence-corrected chi connectivity index (χ0v) is 7.00. The summed E-state index contributed by atoms with van der Waals surface area (Å²) >= 11 is 0. The number of nitriles is 1. The second-order valence-electron chi connectivity index (χ2n) is 2.18. The van der Waals surface area contributed by atoms with Crippen molar-refractivity contribution in [1.82, 2.24) is 0 Å². The summed E-state index contributed by atoms with van der Waals surface area (Å²) in [6.07, 6.45) is 0. The molecule has 1 aromatic carbocycles. The highest BCUT2D eigenvalue weighted by Crippen LogP contribution is 2.22. The van der Waals surface area contributed by atoms with Crippen LogP contribution in [0.3, 0.4) is 0 Å². The van der Waals surface area contributed by atoms with Crippen LogP contribution in [0, 0.1) is 11.3 Å². The lowest BCUT2D eigenvalue weighted by atomic mass is 9.99. The average Bonchev–Trinajstić information content (AvgIpc) is 2.16. The molecule has 0 aliphatic heterocycles. The van der Waals surface area contributed by atoms with Crippen molar-refractivity contribution >= 4 is 0 Å². The Morgan fingerprint density at radius 1 is 1.25 bits per heavy atom. The van der Waals surface area contributed by atoms with Crippen molar-refractivity contribution in [2.75, 3.05) is 14.2 Å². The van der Waals surface area contributed by atoms with Crippen molar-refractivity contribution in [3.8, 4) is 17.6 Å². The Hall–Kier alpha value is -1.69. The standard InChI is InChI=1S/C9H9NO2/c1-11-8-3-4-9(12-2)7(5-8)6-10/h3-5H,1-2H3/i6-1. The summed E-state index contributed by atoms with van der Waals surface area (Å²) in [4.78, 5) is 0. The van der Waals surface area contributed by atoms with E-state index in [9.17, 15) is 0 Å². The lowest BCUT2D eigenvalue weighted by Crippen LogP contribution is -1.89. The number of hydrogen-bond donors (Lipinski definition) is 0. The molecule has 12 heavy (non-hydrogen) atoms. The number of ether oxygens (including phenoxy) is 2. The Labute approximate surface area is 71.1 Å². The van der Waals surface area contributed by atoms with Gasteiger partial charge in [0.2, 0.25) is 0 Å². The summed E-state index contributed by atoms with van der Waals surface area (Å²) in [5.74, 6) is 1.23. The van der Waals surface area contributed by atoms with Crippen molar-refractivity contribution in [3.63, 3.8) is 0 Å². The van der Waals surface area contributed by atoms with Gasteiger partial charge in [-0.05, 0) is 12.1 Å². The fourth-order valence-electron chi connectivity index (χ4n) is 0.901. The van der Waals surface area contributed by atoms with Crippen LogP contribution in [-0.4, -0.2) is 14.2 Å². The third-order valence-electron chi connectivity index (χ3n) is 1.53. The lowest BCUT2D eigenvalue weighted by Gasteiger charge is -2.03. The number of methoxy groups -OCH3 is 2. The highest BCUT2D eigenvalue weighted by atomic mass is 16.5. The molecular weight excluding hydrogens is 153 g/mol. The van der Waals surface area contributed by atoms with Crippen molar-refractivity contribution in [2.24, 2.45) is 0 Å².